The number of hydrogen-bond donors (Lipinski definition) is 2. The molecule has 13 heavy (non-hydrogen) atoms. The summed E-state index contributed by atoms with van der Waals surface area (Å²) in [4.78, 5) is 11.1. The van der Waals surface area contributed by atoms with Crippen LogP contribution in [-0.2, 0) is 4.79 Å². The van der Waals surface area contributed by atoms with Crippen LogP contribution in [0.15, 0.2) is 0 Å². The van der Waals surface area contributed by atoms with Crippen LogP contribution in [0.1, 0.15) is 25.7 Å². The predicted molar refractivity (Wildman–Crippen MR) is 49.4 cm³/mol. The van der Waals surface area contributed by atoms with E-state index in [1.807, 2.05) is 0 Å². The standard InChI is InChI=1S/C10H17NO2/c12-10(13)9(7-3-4-7)8-2-1-5-11-6-8/h7-9,11H,1-6H2,(H,12,13). The van der Waals surface area contributed by atoms with E-state index in [-0.39, 0.29) is 5.92 Å². The Bertz CT molecular complexity index is 195. The van der Waals surface area contributed by atoms with Gasteiger partial charge < -0.3 is 10.4 Å². The van der Waals surface area contributed by atoms with E-state index < -0.39 is 5.97 Å². The van der Waals surface area contributed by atoms with Gasteiger partial charge in [-0.3, -0.25) is 4.79 Å². The van der Waals surface area contributed by atoms with E-state index in [1.54, 1.807) is 0 Å². The normalized spacial score (nSPS) is 31.2. The Hall–Kier alpha value is -0.570. The third-order valence-electron chi connectivity index (χ3n) is 3.26. The first kappa shape index (κ1) is 9.00. The monoisotopic (exact) mass is 183 g/mol. The predicted octanol–water partition coefficient (Wildman–Crippen LogP) is 1.10. The molecule has 2 fully saturated rings. The molecule has 0 bridgehead atoms. The van der Waals surface area contributed by atoms with Crippen molar-refractivity contribution >= 4 is 5.97 Å². The third-order valence-corrected chi connectivity index (χ3v) is 3.26. The molecule has 2 N–H and O–H groups in total. The first-order valence-electron chi connectivity index (χ1n) is 5.22. The molecule has 2 unspecified atom stereocenters. The van der Waals surface area contributed by atoms with Crippen LogP contribution in [-0.4, -0.2) is 24.2 Å². The van der Waals surface area contributed by atoms with Gasteiger partial charge in [-0.1, -0.05) is 0 Å². The fourth-order valence-corrected chi connectivity index (χ4v) is 2.43. The van der Waals surface area contributed by atoms with Crippen molar-refractivity contribution in [2.45, 2.75) is 25.7 Å². The number of rotatable bonds is 3. The minimum Gasteiger partial charge on any atom is -0.481 e. The fraction of sp³-hybridized carbons (Fsp3) is 0.900. The summed E-state index contributed by atoms with van der Waals surface area (Å²) in [5, 5.41) is 12.4. The summed E-state index contributed by atoms with van der Waals surface area (Å²) in [6, 6.07) is 0. The van der Waals surface area contributed by atoms with Gasteiger partial charge in [-0.2, -0.15) is 0 Å². The van der Waals surface area contributed by atoms with Gasteiger partial charge in [-0.15, -0.1) is 0 Å². The van der Waals surface area contributed by atoms with E-state index in [2.05, 4.69) is 5.32 Å². The Labute approximate surface area is 78.5 Å². The summed E-state index contributed by atoms with van der Waals surface area (Å²) < 4.78 is 0. The number of nitrogens with one attached hydrogen (secondary N) is 1. The molecule has 0 aromatic heterocycles. The quantitative estimate of drug-likeness (QED) is 0.688. The Kier molecular flexibility index (Phi) is 2.54. The lowest BCUT2D eigenvalue weighted by Gasteiger charge is -2.28. The van der Waals surface area contributed by atoms with Crippen LogP contribution in [0.25, 0.3) is 0 Å². The van der Waals surface area contributed by atoms with E-state index in [0.29, 0.717) is 11.8 Å². The van der Waals surface area contributed by atoms with Crippen LogP contribution in [0, 0.1) is 17.8 Å². The van der Waals surface area contributed by atoms with E-state index >= 15 is 0 Å². The highest BCUT2D eigenvalue weighted by molar-refractivity contribution is 5.71. The van der Waals surface area contributed by atoms with Gasteiger partial charge in [0.1, 0.15) is 0 Å². The van der Waals surface area contributed by atoms with E-state index in [4.69, 9.17) is 5.11 Å². The van der Waals surface area contributed by atoms with Gasteiger partial charge in [0.25, 0.3) is 0 Å². The largest absolute Gasteiger partial charge is 0.481 e. The molecule has 1 aliphatic heterocycles. The summed E-state index contributed by atoms with van der Waals surface area (Å²) in [5.41, 5.74) is 0. The van der Waals surface area contributed by atoms with Crippen LogP contribution in [0.4, 0.5) is 0 Å². The Morgan fingerprint density at radius 1 is 1.31 bits per heavy atom. The minimum absolute atomic E-state index is 0.0622. The molecule has 2 atom stereocenters. The number of carbonyl (C=O) groups is 1. The van der Waals surface area contributed by atoms with Crippen LogP contribution < -0.4 is 5.32 Å². The van der Waals surface area contributed by atoms with Gasteiger partial charge in [0, 0.05) is 0 Å². The lowest BCUT2D eigenvalue weighted by Crippen LogP contribution is -2.38. The van der Waals surface area contributed by atoms with Crippen molar-refractivity contribution in [3.05, 3.63) is 0 Å². The van der Waals surface area contributed by atoms with Crippen molar-refractivity contribution in [3.63, 3.8) is 0 Å². The minimum atomic E-state index is -0.573. The molecule has 0 amide bonds. The molecule has 1 aliphatic carbocycles. The zero-order chi connectivity index (χ0) is 9.26. The molecule has 2 rings (SSSR count). The lowest BCUT2D eigenvalue weighted by atomic mass is 9.83. The van der Waals surface area contributed by atoms with Crippen molar-refractivity contribution < 1.29 is 9.90 Å². The molecule has 3 nitrogen and oxygen atoms in total. The summed E-state index contributed by atoms with van der Waals surface area (Å²) >= 11 is 0. The second-order valence-corrected chi connectivity index (χ2v) is 4.31. The first-order valence-corrected chi connectivity index (χ1v) is 5.22. The van der Waals surface area contributed by atoms with Crippen molar-refractivity contribution in [3.8, 4) is 0 Å². The Balaban J connectivity index is 1.96. The summed E-state index contributed by atoms with van der Waals surface area (Å²) in [7, 11) is 0. The Morgan fingerprint density at radius 2 is 2.08 bits per heavy atom. The maximum Gasteiger partial charge on any atom is 0.307 e. The number of carboxylic acid groups (broad SMARTS) is 1. The molecule has 74 valence electrons. The molecule has 0 aromatic rings. The van der Waals surface area contributed by atoms with Crippen molar-refractivity contribution in [1.29, 1.82) is 0 Å². The maximum atomic E-state index is 11.1. The first-order chi connectivity index (χ1) is 6.29. The van der Waals surface area contributed by atoms with Gasteiger partial charge in [0.05, 0.1) is 5.92 Å². The van der Waals surface area contributed by atoms with Crippen molar-refractivity contribution in [2.75, 3.05) is 13.1 Å². The highest BCUT2D eigenvalue weighted by Crippen LogP contribution is 2.42. The van der Waals surface area contributed by atoms with Gasteiger partial charge in [0.2, 0.25) is 0 Å². The Morgan fingerprint density at radius 3 is 2.54 bits per heavy atom. The van der Waals surface area contributed by atoms with Gasteiger partial charge in [0.15, 0.2) is 0 Å². The molecule has 2 aliphatic rings. The van der Waals surface area contributed by atoms with Crippen LogP contribution in [0.3, 0.4) is 0 Å². The lowest BCUT2D eigenvalue weighted by molar-refractivity contribution is -0.144. The molecular formula is C10H17NO2. The van der Waals surface area contributed by atoms with Crippen LogP contribution in [0.5, 0.6) is 0 Å². The van der Waals surface area contributed by atoms with Gasteiger partial charge in [-0.05, 0) is 50.6 Å². The van der Waals surface area contributed by atoms with Gasteiger partial charge >= 0.3 is 5.97 Å². The average Bonchev–Trinajstić information content (AvgIpc) is 2.90. The maximum absolute atomic E-state index is 11.1. The second-order valence-electron chi connectivity index (χ2n) is 4.31. The highest BCUT2D eigenvalue weighted by atomic mass is 16.4. The van der Waals surface area contributed by atoms with Crippen molar-refractivity contribution in [2.24, 2.45) is 17.8 Å². The number of carboxylic acids is 1. The summed E-state index contributed by atoms with van der Waals surface area (Å²) in [5.74, 6) is 0.241. The average molecular weight is 183 g/mol. The van der Waals surface area contributed by atoms with Crippen LogP contribution >= 0.6 is 0 Å². The molecule has 1 heterocycles. The second kappa shape index (κ2) is 3.66. The van der Waals surface area contributed by atoms with E-state index in [1.165, 1.54) is 0 Å². The number of aliphatic carboxylic acids is 1. The van der Waals surface area contributed by atoms with E-state index in [0.717, 1.165) is 38.8 Å². The van der Waals surface area contributed by atoms with Gasteiger partial charge in [-0.25, -0.2) is 0 Å². The summed E-state index contributed by atoms with van der Waals surface area (Å²) in [6.07, 6.45) is 4.50. The third kappa shape index (κ3) is 2.02. The SMILES string of the molecule is O=C(O)C(C1CC1)C1CCCNC1. The molecule has 0 spiro atoms. The molecule has 0 aromatic carbocycles. The molecular weight excluding hydrogens is 166 g/mol. The number of piperidine rings is 1. The zero-order valence-corrected chi connectivity index (χ0v) is 7.83. The smallest absolute Gasteiger partial charge is 0.307 e. The van der Waals surface area contributed by atoms with Crippen molar-refractivity contribution in [1.82, 2.24) is 5.32 Å². The zero-order valence-electron chi connectivity index (χ0n) is 7.83. The van der Waals surface area contributed by atoms with Crippen LogP contribution in [0.2, 0.25) is 0 Å². The topological polar surface area (TPSA) is 49.3 Å². The number of hydrogen-bond acceptors (Lipinski definition) is 2. The molecule has 1 saturated carbocycles. The molecule has 0 radical (unpaired) electrons. The molecule has 1 saturated heterocycles. The fourth-order valence-electron chi connectivity index (χ4n) is 2.43. The molecule has 3 heteroatoms. The summed E-state index contributed by atoms with van der Waals surface area (Å²) in [6.45, 7) is 1.97. The highest BCUT2D eigenvalue weighted by Gasteiger charge is 2.41. The van der Waals surface area contributed by atoms with E-state index in [9.17, 15) is 4.79 Å².